The summed E-state index contributed by atoms with van der Waals surface area (Å²) in [5.41, 5.74) is 0. The maximum absolute atomic E-state index is 9.48. The molecule has 52 valence electrons. The van der Waals surface area contributed by atoms with Gasteiger partial charge in [0.1, 0.15) is 0 Å². The zero-order chi connectivity index (χ0) is 6.43. The molecule has 0 saturated heterocycles. The average molecular weight is 126 g/mol. The molecular formula is C8H14O. The first-order chi connectivity index (χ1) is 4.27. The summed E-state index contributed by atoms with van der Waals surface area (Å²) in [6.45, 7) is 2.17. The van der Waals surface area contributed by atoms with E-state index >= 15 is 0 Å². The van der Waals surface area contributed by atoms with E-state index in [2.05, 4.69) is 6.92 Å². The summed E-state index contributed by atoms with van der Waals surface area (Å²) in [6, 6.07) is 0. The SMILES string of the molecule is CC1CC2CC(C2)C1O. The molecule has 2 atom stereocenters. The van der Waals surface area contributed by atoms with Crippen molar-refractivity contribution < 1.29 is 5.11 Å². The van der Waals surface area contributed by atoms with Crippen LogP contribution in [0.3, 0.4) is 0 Å². The van der Waals surface area contributed by atoms with Gasteiger partial charge in [-0.1, -0.05) is 6.92 Å². The first kappa shape index (κ1) is 5.72. The first-order valence-electron chi connectivity index (χ1n) is 3.95. The number of hydrogen-bond donors (Lipinski definition) is 1. The van der Waals surface area contributed by atoms with Crippen molar-refractivity contribution in [2.45, 2.75) is 32.3 Å². The molecule has 3 aliphatic rings. The summed E-state index contributed by atoms with van der Waals surface area (Å²) < 4.78 is 0. The lowest BCUT2D eigenvalue weighted by Crippen LogP contribution is -2.44. The van der Waals surface area contributed by atoms with Crippen LogP contribution < -0.4 is 0 Å². The third kappa shape index (κ3) is 0.710. The number of hydrogen-bond acceptors (Lipinski definition) is 1. The van der Waals surface area contributed by atoms with E-state index in [1.807, 2.05) is 0 Å². The highest BCUT2D eigenvalue weighted by Gasteiger charge is 2.42. The van der Waals surface area contributed by atoms with E-state index in [1.54, 1.807) is 0 Å². The molecule has 1 N–H and O–H groups in total. The second-order valence-electron chi connectivity index (χ2n) is 3.80. The van der Waals surface area contributed by atoms with Gasteiger partial charge < -0.3 is 5.11 Å². The topological polar surface area (TPSA) is 20.2 Å². The fourth-order valence-corrected chi connectivity index (χ4v) is 2.39. The zero-order valence-electron chi connectivity index (χ0n) is 5.88. The molecule has 0 spiro atoms. The average Bonchev–Trinajstić information content (AvgIpc) is 1.72. The number of aliphatic hydroxyl groups is 1. The van der Waals surface area contributed by atoms with E-state index in [-0.39, 0.29) is 6.10 Å². The largest absolute Gasteiger partial charge is 0.393 e. The predicted molar refractivity (Wildman–Crippen MR) is 36.0 cm³/mol. The number of rotatable bonds is 0. The van der Waals surface area contributed by atoms with Crippen molar-refractivity contribution in [1.29, 1.82) is 0 Å². The van der Waals surface area contributed by atoms with Crippen molar-refractivity contribution in [3.8, 4) is 0 Å². The normalized spacial score (nSPS) is 56.7. The van der Waals surface area contributed by atoms with Gasteiger partial charge in [0.05, 0.1) is 6.10 Å². The highest BCUT2D eigenvalue weighted by molar-refractivity contribution is 4.93. The monoisotopic (exact) mass is 126 g/mol. The van der Waals surface area contributed by atoms with Crippen LogP contribution in [0.5, 0.6) is 0 Å². The van der Waals surface area contributed by atoms with Crippen molar-refractivity contribution >= 4 is 0 Å². The lowest BCUT2D eigenvalue weighted by Gasteiger charge is -2.47. The molecule has 3 saturated carbocycles. The van der Waals surface area contributed by atoms with E-state index in [0.29, 0.717) is 11.8 Å². The Balaban J connectivity index is 2.04. The van der Waals surface area contributed by atoms with E-state index in [4.69, 9.17) is 0 Å². The summed E-state index contributed by atoms with van der Waals surface area (Å²) in [5.74, 6) is 2.25. The molecule has 1 nitrogen and oxygen atoms in total. The van der Waals surface area contributed by atoms with Gasteiger partial charge in [-0.2, -0.15) is 0 Å². The minimum absolute atomic E-state index is 0.0370. The molecule has 0 heterocycles. The van der Waals surface area contributed by atoms with Gasteiger partial charge in [-0.25, -0.2) is 0 Å². The molecule has 2 unspecified atom stereocenters. The van der Waals surface area contributed by atoms with Gasteiger partial charge in [-0.05, 0) is 37.0 Å². The lowest BCUT2D eigenvalue weighted by atomic mass is 9.60. The van der Waals surface area contributed by atoms with Crippen molar-refractivity contribution in [2.24, 2.45) is 17.8 Å². The van der Waals surface area contributed by atoms with E-state index < -0.39 is 0 Å². The summed E-state index contributed by atoms with van der Waals surface area (Å²) in [6.07, 6.45) is 3.93. The van der Waals surface area contributed by atoms with Crippen LogP contribution in [0.25, 0.3) is 0 Å². The Morgan fingerprint density at radius 1 is 1.22 bits per heavy atom. The molecule has 9 heavy (non-hydrogen) atoms. The fraction of sp³-hybridized carbons (Fsp3) is 1.00. The van der Waals surface area contributed by atoms with Crippen LogP contribution in [0.4, 0.5) is 0 Å². The summed E-state index contributed by atoms with van der Waals surface area (Å²) >= 11 is 0. The van der Waals surface area contributed by atoms with Gasteiger partial charge in [0, 0.05) is 0 Å². The Morgan fingerprint density at radius 3 is 2.22 bits per heavy atom. The molecule has 0 amide bonds. The molecule has 0 aromatic heterocycles. The molecule has 0 radical (unpaired) electrons. The molecule has 0 aliphatic heterocycles. The minimum Gasteiger partial charge on any atom is -0.393 e. The molecule has 0 aromatic rings. The first-order valence-corrected chi connectivity index (χ1v) is 3.95. The summed E-state index contributed by atoms with van der Waals surface area (Å²) in [7, 11) is 0. The molecular weight excluding hydrogens is 112 g/mol. The second-order valence-corrected chi connectivity index (χ2v) is 3.80. The van der Waals surface area contributed by atoms with E-state index in [1.165, 1.54) is 19.3 Å². The van der Waals surface area contributed by atoms with Crippen LogP contribution in [0.1, 0.15) is 26.2 Å². The highest BCUT2D eigenvalue weighted by Crippen LogP contribution is 2.47. The van der Waals surface area contributed by atoms with Crippen molar-refractivity contribution in [2.75, 3.05) is 0 Å². The Morgan fingerprint density at radius 2 is 1.89 bits per heavy atom. The van der Waals surface area contributed by atoms with Gasteiger partial charge in [-0.3, -0.25) is 0 Å². The second kappa shape index (κ2) is 1.72. The van der Waals surface area contributed by atoms with E-state index in [0.717, 1.165) is 5.92 Å². The molecule has 0 aromatic carbocycles. The maximum Gasteiger partial charge on any atom is 0.0594 e. The molecule has 3 fully saturated rings. The van der Waals surface area contributed by atoms with Gasteiger partial charge >= 0.3 is 0 Å². The number of fused-ring (bicyclic) bond motifs is 2. The third-order valence-corrected chi connectivity index (χ3v) is 3.04. The fourth-order valence-electron chi connectivity index (χ4n) is 2.39. The summed E-state index contributed by atoms with van der Waals surface area (Å²) in [5, 5.41) is 9.48. The van der Waals surface area contributed by atoms with Crippen molar-refractivity contribution in [3.63, 3.8) is 0 Å². The van der Waals surface area contributed by atoms with Crippen LogP contribution in [0.15, 0.2) is 0 Å². The Kier molecular flexibility index (Phi) is 1.10. The van der Waals surface area contributed by atoms with Gasteiger partial charge in [0.2, 0.25) is 0 Å². The van der Waals surface area contributed by atoms with Crippen molar-refractivity contribution in [3.05, 3.63) is 0 Å². The summed E-state index contributed by atoms with van der Waals surface area (Å²) in [4.78, 5) is 0. The molecule has 3 rings (SSSR count). The van der Waals surface area contributed by atoms with Gasteiger partial charge in [0.15, 0.2) is 0 Å². The Hall–Kier alpha value is -0.0400. The smallest absolute Gasteiger partial charge is 0.0594 e. The van der Waals surface area contributed by atoms with Gasteiger partial charge in [0.25, 0.3) is 0 Å². The van der Waals surface area contributed by atoms with Gasteiger partial charge in [-0.15, -0.1) is 0 Å². The predicted octanol–water partition coefficient (Wildman–Crippen LogP) is 1.41. The molecule has 2 bridgehead atoms. The standard InChI is InChI=1S/C8H14O/c1-5-2-6-3-7(4-6)8(5)9/h5-9H,2-4H2,1H3. The van der Waals surface area contributed by atoms with Crippen LogP contribution in [0.2, 0.25) is 0 Å². The molecule has 3 aliphatic carbocycles. The van der Waals surface area contributed by atoms with Crippen molar-refractivity contribution in [1.82, 2.24) is 0 Å². The van der Waals surface area contributed by atoms with E-state index in [9.17, 15) is 5.11 Å². The Labute approximate surface area is 56.1 Å². The van der Waals surface area contributed by atoms with Crippen LogP contribution in [-0.4, -0.2) is 11.2 Å². The zero-order valence-corrected chi connectivity index (χ0v) is 5.88. The maximum atomic E-state index is 9.48. The van der Waals surface area contributed by atoms with Crippen LogP contribution in [-0.2, 0) is 0 Å². The van der Waals surface area contributed by atoms with Crippen LogP contribution in [0, 0.1) is 17.8 Å². The highest BCUT2D eigenvalue weighted by atomic mass is 16.3. The quantitative estimate of drug-likeness (QED) is 0.520. The molecule has 1 heteroatoms. The third-order valence-electron chi connectivity index (χ3n) is 3.04. The minimum atomic E-state index is 0.0370. The Bertz CT molecular complexity index is 114. The van der Waals surface area contributed by atoms with Crippen LogP contribution >= 0.6 is 0 Å². The lowest BCUT2D eigenvalue weighted by molar-refractivity contribution is -0.0659. The number of aliphatic hydroxyl groups excluding tert-OH is 1.